The highest BCUT2D eigenvalue weighted by Crippen LogP contribution is 2.41. The molecule has 2 heterocycles. The summed E-state index contributed by atoms with van der Waals surface area (Å²) < 4.78 is 5.78. The fourth-order valence-corrected chi connectivity index (χ4v) is 2.63. The molecular weight excluding hydrogens is 182 g/mol. The van der Waals surface area contributed by atoms with Gasteiger partial charge >= 0.3 is 0 Å². The Labute approximate surface area is 83.2 Å². The topological polar surface area (TPSA) is 46.6 Å². The minimum atomic E-state index is -0.278. The Morgan fingerprint density at radius 1 is 1.43 bits per heavy atom. The number of amides is 1. The highest BCUT2D eigenvalue weighted by molar-refractivity contribution is 5.66. The van der Waals surface area contributed by atoms with Crippen LogP contribution in [0.1, 0.15) is 20.3 Å². The Hall–Kier alpha value is -0.900. The summed E-state index contributed by atoms with van der Waals surface area (Å²) >= 11 is 0. The van der Waals surface area contributed by atoms with Gasteiger partial charge in [0.25, 0.3) is 0 Å². The Balaban J connectivity index is 2.17. The van der Waals surface area contributed by atoms with Crippen molar-refractivity contribution in [2.24, 2.45) is 5.92 Å². The maximum atomic E-state index is 10.9. The number of hydrogen-bond donors (Lipinski definition) is 0. The molecule has 0 aromatic heterocycles. The smallest absolute Gasteiger partial charge is 0.210 e. The Bertz CT molecular complexity index is 264. The number of fused-ring (bicyclic) bond motifs is 1. The first-order chi connectivity index (χ1) is 6.57. The molecule has 2 unspecified atom stereocenters. The summed E-state index contributed by atoms with van der Waals surface area (Å²) in [5, 5.41) is 0. The summed E-state index contributed by atoms with van der Waals surface area (Å²) in [6.07, 6.45) is 2.51. The van der Waals surface area contributed by atoms with Crippen LogP contribution in [0.25, 0.3) is 0 Å². The first kappa shape index (κ1) is 9.65. The van der Waals surface area contributed by atoms with E-state index < -0.39 is 0 Å². The van der Waals surface area contributed by atoms with E-state index in [-0.39, 0.29) is 23.7 Å². The Kier molecular flexibility index (Phi) is 2.10. The number of rotatable bonds is 2. The normalized spacial score (nSPS) is 39.6. The molecule has 0 N–H and O–H groups in total. The molecule has 2 saturated heterocycles. The third kappa shape index (κ3) is 1.34. The molecule has 2 fully saturated rings. The number of nitrogens with zero attached hydrogens (tertiary/aromatic N) is 1. The fourth-order valence-electron chi connectivity index (χ4n) is 2.63. The largest absolute Gasteiger partial charge is 0.370 e. The van der Waals surface area contributed by atoms with Gasteiger partial charge in [0.2, 0.25) is 6.41 Å². The number of hydrogen-bond acceptors (Lipinski definition) is 3. The summed E-state index contributed by atoms with van der Waals surface area (Å²) in [4.78, 5) is 23.1. The molecule has 2 aliphatic heterocycles. The number of likely N-dealkylation sites (tertiary alicyclic amines) is 1. The number of ether oxygens (including phenoxy) is 1. The second-order valence-corrected chi connectivity index (χ2v) is 4.71. The minimum absolute atomic E-state index is 0.0467. The summed E-state index contributed by atoms with van der Waals surface area (Å²) in [5.74, 6) is 0.188. The van der Waals surface area contributed by atoms with E-state index in [9.17, 15) is 9.59 Å². The van der Waals surface area contributed by atoms with Gasteiger partial charge in [-0.05, 0) is 20.3 Å². The lowest BCUT2D eigenvalue weighted by Crippen LogP contribution is -2.35. The standard InChI is InChI=1S/C10H15NO3/c1-10(2)3-7-8(5-12)11(6-13)4-9(7)14-10/h5-9H,3-4H2,1-2H3/t7?,8-,9?/m1/s1. The molecule has 0 bridgehead atoms. The molecule has 2 rings (SSSR count). The van der Waals surface area contributed by atoms with Crippen LogP contribution in [0.2, 0.25) is 0 Å². The Morgan fingerprint density at radius 2 is 2.14 bits per heavy atom. The fraction of sp³-hybridized carbons (Fsp3) is 0.800. The summed E-state index contributed by atoms with van der Waals surface area (Å²) in [7, 11) is 0. The molecule has 3 atom stereocenters. The zero-order valence-corrected chi connectivity index (χ0v) is 8.47. The Morgan fingerprint density at radius 3 is 2.71 bits per heavy atom. The van der Waals surface area contributed by atoms with Gasteiger partial charge in [0, 0.05) is 12.5 Å². The van der Waals surface area contributed by atoms with E-state index in [0.29, 0.717) is 6.54 Å². The maximum Gasteiger partial charge on any atom is 0.210 e. The molecular formula is C10H15NO3. The van der Waals surface area contributed by atoms with Crippen molar-refractivity contribution < 1.29 is 14.3 Å². The zero-order valence-electron chi connectivity index (χ0n) is 8.47. The van der Waals surface area contributed by atoms with E-state index in [0.717, 1.165) is 19.1 Å². The number of carbonyl (C=O) groups excluding carboxylic acids is 2. The van der Waals surface area contributed by atoms with E-state index in [4.69, 9.17) is 4.74 Å². The SMILES string of the molecule is CC1(C)CC2C(CN(C=O)[C@@H]2C=O)O1. The third-order valence-electron chi connectivity index (χ3n) is 3.16. The lowest BCUT2D eigenvalue weighted by molar-refractivity contribution is -0.125. The average Bonchev–Trinajstić information content (AvgIpc) is 2.55. The summed E-state index contributed by atoms with van der Waals surface area (Å²) in [6.45, 7) is 4.61. The van der Waals surface area contributed by atoms with Crippen molar-refractivity contribution in [2.75, 3.05) is 6.54 Å². The summed E-state index contributed by atoms with van der Waals surface area (Å²) in [5.41, 5.74) is -0.147. The molecule has 0 aliphatic carbocycles. The second-order valence-electron chi connectivity index (χ2n) is 4.71. The molecule has 4 nitrogen and oxygen atoms in total. The van der Waals surface area contributed by atoms with E-state index in [1.54, 1.807) is 0 Å². The second kappa shape index (κ2) is 3.05. The molecule has 0 spiro atoms. The quantitative estimate of drug-likeness (QED) is 0.594. The van der Waals surface area contributed by atoms with Crippen LogP contribution in [0.5, 0.6) is 0 Å². The molecule has 1 amide bonds. The van der Waals surface area contributed by atoms with Crippen LogP contribution in [0.4, 0.5) is 0 Å². The van der Waals surface area contributed by atoms with E-state index in [2.05, 4.69) is 0 Å². The van der Waals surface area contributed by atoms with Crippen LogP contribution in [-0.2, 0) is 14.3 Å². The summed E-state index contributed by atoms with van der Waals surface area (Å²) in [6, 6.07) is -0.278. The lowest BCUT2D eigenvalue weighted by atomic mass is 9.91. The molecule has 4 heteroatoms. The number of carbonyl (C=O) groups is 2. The third-order valence-corrected chi connectivity index (χ3v) is 3.16. The number of aldehydes is 1. The molecule has 2 aliphatic rings. The molecule has 78 valence electrons. The molecule has 0 aromatic carbocycles. The van der Waals surface area contributed by atoms with Crippen molar-refractivity contribution in [3.63, 3.8) is 0 Å². The lowest BCUT2D eigenvalue weighted by Gasteiger charge is -2.23. The predicted octanol–water partition coefficient (Wildman–Crippen LogP) is 0.210. The van der Waals surface area contributed by atoms with Crippen LogP contribution in [-0.4, -0.2) is 41.9 Å². The van der Waals surface area contributed by atoms with Crippen LogP contribution < -0.4 is 0 Å². The van der Waals surface area contributed by atoms with Crippen molar-refractivity contribution >= 4 is 12.7 Å². The highest BCUT2D eigenvalue weighted by Gasteiger charge is 2.50. The molecule has 0 saturated carbocycles. The zero-order chi connectivity index (χ0) is 10.3. The van der Waals surface area contributed by atoms with Crippen LogP contribution >= 0.6 is 0 Å². The van der Waals surface area contributed by atoms with Gasteiger partial charge in [-0.1, -0.05) is 0 Å². The van der Waals surface area contributed by atoms with Gasteiger partial charge in [-0.25, -0.2) is 0 Å². The van der Waals surface area contributed by atoms with Crippen molar-refractivity contribution in [1.82, 2.24) is 4.90 Å². The average molecular weight is 197 g/mol. The van der Waals surface area contributed by atoms with Gasteiger partial charge in [-0.15, -0.1) is 0 Å². The molecule has 14 heavy (non-hydrogen) atoms. The molecule has 0 aromatic rings. The minimum Gasteiger partial charge on any atom is -0.370 e. The predicted molar refractivity (Wildman–Crippen MR) is 49.7 cm³/mol. The highest BCUT2D eigenvalue weighted by atomic mass is 16.5. The van der Waals surface area contributed by atoms with E-state index >= 15 is 0 Å². The first-order valence-corrected chi connectivity index (χ1v) is 4.91. The van der Waals surface area contributed by atoms with Crippen molar-refractivity contribution in [3.8, 4) is 0 Å². The van der Waals surface area contributed by atoms with Crippen LogP contribution in [0.15, 0.2) is 0 Å². The van der Waals surface area contributed by atoms with Crippen LogP contribution in [0, 0.1) is 5.92 Å². The van der Waals surface area contributed by atoms with Gasteiger partial charge < -0.3 is 14.4 Å². The van der Waals surface area contributed by atoms with Gasteiger partial charge in [0.15, 0.2) is 0 Å². The van der Waals surface area contributed by atoms with Gasteiger partial charge in [0.05, 0.1) is 17.7 Å². The van der Waals surface area contributed by atoms with E-state index in [1.807, 2.05) is 13.8 Å². The monoisotopic (exact) mass is 197 g/mol. The first-order valence-electron chi connectivity index (χ1n) is 4.91. The van der Waals surface area contributed by atoms with Gasteiger partial charge in [-0.2, -0.15) is 0 Å². The van der Waals surface area contributed by atoms with Crippen LogP contribution in [0.3, 0.4) is 0 Å². The maximum absolute atomic E-state index is 10.9. The van der Waals surface area contributed by atoms with Crippen molar-refractivity contribution in [3.05, 3.63) is 0 Å². The van der Waals surface area contributed by atoms with Gasteiger partial charge in [0.1, 0.15) is 6.29 Å². The van der Waals surface area contributed by atoms with E-state index in [1.165, 1.54) is 4.90 Å². The van der Waals surface area contributed by atoms with Crippen molar-refractivity contribution in [2.45, 2.75) is 38.0 Å². The molecule has 0 radical (unpaired) electrons. The van der Waals surface area contributed by atoms with Crippen molar-refractivity contribution in [1.29, 1.82) is 0 Å². The van der Waals surface area contributed by atoms with Gasteiger partial charge in [-0.3, -0.25) is 4.79 Å².